The molecule has 1 rings (SSSR count). The number of aryl methyl sites for hydroxylation is 1. The van der Waals surface area contributed by atoms with Crippen molar-refractivity contribution < 1.29 is 8.91 Å². The summed E-state index contributed by atoms with van der Waals surface area (Å²) in [7, 11) is 0. The lowest BCUT2D eigenvalue weighted by Gasteiger charge is -2.10. The summed E-state index contributed by atoms with van der Waals surface area (Å²) < 4.78 is 17.5. The first-order chi connectivity index (χ1) is 4.93. The highest BCUT2D eigenvalue weighted by Crippen LogP contribution is 2.32. The second-order valence-electron chi connectivity index (χ2n) is 2.87. The van der Waals surface area contributed by atoms with Gasteiger partial charge in [0.2, 0.25) is 0 Å². The molecule has 1 heterocycles. The Morgan fingerprint density at radius 1 is 1.55 bits per heavy atom. The first-order valence-corrected chi connectivity index (χ1v) is 4.32. The maximum atomic E-state index is 13.1. The van der Waals surface area contributed by atoms with Gasteiger partial charge in [-0.25, -0.2) is 4.39 Å². The van der Waals surface area contributed by atoms with Crippen LogP contribution >= 0.6 is 22.6 Å². The zero-order valence-electron chi connectivity index (χ0n) is 6.61. The van der Waals surface area contributed by atoms with Gasteiger partial charge in [0, 0.05) is 0 Å². The quantitative estimate of drug-likeness (QED) is 0.578. The fraction of sp³-hybridized carbons (Fsp3) is 0.571. The van der Waals surface area contributed by atoms with Gasteiger partial charge < -0.3 is 4.52 Å². The second kappa shape index (κ2) is 2.73. The normalized spacial score (nSPS) is 12.1. The lowest BCUT2D eigenvalue weighted by molar-refractivity contribution is 0.382. The molecule has 11 heavy (non-hydrogen) atoms. The lowest BCUT2D eigenvalue weighted by Crippen LogP contribution is -2.09. The molecule has 0 N–H and O–H groups in total. The van der Waals surface area contributed by atoms with Gasteiger partial charge in [-0.1, -0.05) is 27.7 Å². The average molecular weight is 269 g/mol. The van der Waals surface area contributed by atoms with Crippen LogP contribution in [0.3, 0.4) is 0 Å². The van der Waals surface area contributed by atoms with Crippen molar-refractivity contribution in [2.45, 2.75) is 24.2 Å². The first kappa shape index (κ1) is 8.96. The molecular weight excluding hydrogens is 260 g/mol. The van der Waals surface area contributed by atoms with Gasteiger partial charge in [0.15, 0.2) is 11.6 Å². The van der Waals surface area contributed by atoms with E-state index < -0.39 is 0 Å². The van der Waals surface area contributed by atoms with E-state index in [1.54, 1.807) is 6.92 Å². The maximum Gasteiger partial charge on any atom is 0.190 e. The van der Waals surface area contributed by atoms with Gasteiger partial charge >= 0.3 is 0 Å². The molecule has 0 spiro atoms. The predicted molar refractivity (Wildman–Crippen MR) is 48.2 cm³/mol. The van der Waals surface area contributed by atoms with E-state index in [1.807, 2.05) is 13.8 Å². The molecular formula is C7H9FINO. The van der Waals surface area contributed by atoms with Crippen LogP contribution in [0.4, 0.5) is 4.39 Å². The van der Waals surface area contributed by atoms with Crippen molar-refractivity contribution in [1.82, 2.24) is 5.16 Å². The molecule has 0 bridgehead atoms. The molecule has 0 amide bonds. The van der Waals surface area contributed by atoms with Crippen molar-refractivity contribution in [3.05, 3.63) is 17.3 Å². The van der Waals surface area contributed by atoms with Crippen LogP contribution in [0.25, 0.3) is 0 Å². The minimum atomic E-state index is -0.329. The number of rotatable bonds is 1. The third kappa shape index (κ3) is 1.72. The molecule has 0 aliphatic rings. The van der Waals surface area contributed by atoms with E-state index in [-0.39, 0.29) is 15.0 Å². The van der Waals surface area contributed by atoms with Crippen LogP contribution in [-0.4, -0.2) is 5.16 Å². The van der Waals surface area contributed by atoms with Crippen LogP contribution in [0.15, 0.2) is 4.52 Å². The fourth-order valence-electron chi connectivity index (χ4n) is 0.731. The van der Waals surface area contributed by atoms with E-state index in [2.05, 4.69) is 27.7 Å². The fourth-order valence-corrected chi connectivity index (χ4v) is 1.07. The second-order valence-corrected chi connectivity index (χ2v) is 5.57. The van der Waals surface area contributed by atoms with E-state index >= 15 is 0 Å². The molecule has 0 atom stereocenters. The standard InChI is InChI=1S/C7H9FINO/c1-4-5(8)6(10-11-4)7(2,3)9/h1-3H3. The smallest absolute Gasteiger partial charge is 0.190 e. The van der Waals surface area contributed by atoms with Crippen molar-refractivity contribution in [3.63, 3.8) is 0 Å². The van der Waals surface area contributed by atoms with Crippen LogP contribution in [0.2, 0.25) is 0 Å². The van der Waals surface area contributed by atoms with E-state index in [9.17, 15) is 4.39 Å². The van der Waals surface area contributed by atoms with Gasteiger partial charge in [0.05, 0.1) is 3.42 Å². The Hall–Kier alpha value is -0.130. The molecule has 62 valence electrons. The van der Waals surface area contributed by atoms with Crippen molar-refractivity contribution in [2.75, 3.05) is 0 Å². The van der Waals surface area contributed by atoms with E-state index in [4.69, 9.17) is 4.52 Å². The van der Waals surface area contributed by atoms with Crippen LogP contribution < -0.4 is 0 Å². The highest BCUT2D eigenvalue weighted by molar-refractivity contribution is 14.1. The van der Waals surface area contributed by atoms with Crippen molar-refractivity contribution in [3.8, 4) is 0 Å². The third-order valence-electron chi connectivity index (χ3n) is 1.35. The molecule has 4 heteroatoms. The molecule has 0 saturated carbocycles. The van der Waals surface area contributed by atoms with Gasteiger partial charge in [-0.3, -0.25) is 0 Å². The Bertz CT molecular complexity index is 264. The van der Waals surface area contributed by atoms with E-state index in [0.717, 1.165) is 0 Å². The molecule has 0 fully saturated rings. The summed E-state index contributed by atoms with van der Waals surface area (Å²) in [5.41, 5.74) is 0.385. The van der Waals surface area contributed by atoms with Crippen molar-refractivity contribution in [1.29, 1.82) is 0 Å². The zero-order chi connectivity index (χ0) is 8.65. The van der Waals surface area contributed by atoms with Gasteiger partial charge in [0.1, 0.15) is 5.69 Å². The number of nitrogens with zero attached hydrogens (tertiary/aromatic N) is 1. The molecule has 0 unspecified atom stereocenters. The summed E-state index contributed by atoms with van der Waals surface area (Å²) in [4.78, 5) is 0. The topological polar surface area (TPSA) is 26.0 Å². The van der Waals surface area contributed by atoms with E-state index in [0.29, 0.717) is 5.69 Å². The minimum Gasteiger partial charge on any atom is -0.358 e. The molecule has 0 radical (unpaired) electrons. The lowest BCUT2D eigenvalue weighted by atomic mass is 10.1. The van der Waals surface area contributed by atoms with Crippen LogP contribution in [-0.2, 0) is 3.42 Å². The summed E-state index contributed by atoms with van der Waals surface area (Å²) >= 11 is 2.12. The Balaban J connectivity index is 3.15. The van der Waals surface area contributed by atoms with Crippen LogP contribution in [0.1, 0.15) is 25.3 Å². The number of hydrogen-bond donors (Lipinski definition) is 0. The Kier molecular flexibility index (Phi) is 2.22. The SMILES string of the molecule is Cc1onc(C(C)(C)I)c1F. The molecule has 1 aromatic rings. The van der Waals surface area contributed by atoms with Gasteiger partial charge in [0.25, 0.3) is 0 Å². The van der Waals surface area contributed by atoms with Crippen molar-refractivity contribution in [2.24, 2.45) is 0 Å². The Labute approximate surface area is 78.3 Å². The Morgan fingerprint density at radius 2 is 2.09 bits per heavy atom. The minimum absolute atomic E-state index is 0.254. The Morgan fingerprint density at radius 3 is 2.27 bits per heavy atom. The summed E-state index contributed by atoms with van der Waals surface area (Å²) in [6.07, 6.45) is 0. The molecule has 1 aromatic heterocycles. The van der Waals surface area contributed by atoms with Crippen molar-refractivity contribution >= 4 is 22.6 Å². The highest BCUT2D eigenvalue weighted by atomic mass is 127. The molecule has 0 aliphatic carbocycles. The van der Waals surface area contributed by atoms with E-state index in [1.165, 1.54) is 0 Å². The molecule has 0 aliphatic heterocycles. The number of aromatic nitrogens is 1. The number of alkyl halides is 1. The monoisotopic (exact) mass is 269 g/mol. The predicted octanol–water partition coefficient (Wildman–Crippen LogP) is 2.79. The molecule has 0 aromatic carbocycles. The highest BCUT2D eigenvalue weighted by Gasteiger charge is 2.26. The zero-order valence-corrected chi connectivity index (χ0v) is 8.77. The van der Waals surface area contributed by atoms with Gasteiger partial charge in [-0.15, -0.1) is 0 Å². The summed E-state index contributed by atoms with van der Waals surface area (Å²) in [6, 6.07) is 0. The summed E-state index contributed by atoms with van der Waals surface area (Å²) in [5, 5.41) is 3.63. The van der Waals surface area contributed by atoms with Gasteiger partial charge in [-0.2, -0.15) is 0 Å². The number of halogens is 2. The third-order valence-corrected chi connectivity index (χ3v) is 1.86. The number of hydrogen-bond acceptors (Lipinski definition) is 2. The maximum absolute atomic E-state index is 13.1. The first-order valence-electron chi connectivity index (χ1n) is 3.24. The molecule has 0 saturated heterocycles. The van der Waals surface area contributed by atoms with Gasteiger partial charge in [-0.05, 0) is 20.8 Å². The van der Waals surface area contributed by atoms with Crippen LogP contribution in [0.5, 0.6) is 0 Å². The largest absolute Gasteiger partial charge is 0.358 e. The van der Waals surface area contributed by atoms with Crippen LogP contribution in [0, 0.1) is 12.7 Å². The molecule has 2 nitrogen and oxygen atoms in total. The summed E-state index contributed by atoms with van der Waals surface area (Å²) in [5.74, 6) is -0.0749. The summed E-state index contributed by atoms with van der Waals surface area (Å²) in [6.45, 7) is 5.33. The average Bonchev–Trinajstić information content (AvgIpc) is 2.11.